The van der Waals surface area contributed by atoms with Gasteiger partial charge in [-0.15, -0.1) is 0 Å². The lowest BCUT2D eigenvalue weighted by molar-refractivity contribution is -0.126. The van der Waals surface area contributed by atoms with Gasteiger partial charge in [0.1, 0.15) is 5.54 Å². The summed E-state index contributed by atoms with van der Waals surface area (Å²) in [5.41, 5.74) is 5.65. The maximum absolute atomic E-state index is 11.2. The predicted molar refractivity (Wildman–Crippen MR) is 50.1 cm³/mol. The van der Waals surface area contributed by atoms with Gasteiger partial charge in [0.05, 0.1) is 6.20 Å². The number of aryl methyl sites for hydroxylation is 1. The molecular formula is C9H15N3O. The van der Waals surface area contributed by atoms with Crippen molar-refractivity contribution in [3.05, 3.63) is 18.0 Å². The minimum Gasteiger partial charge on any atom is -0.368 e. The van der Waals surface area contributed by atoms with Crippen molar-refractivity contribution in [2.24, 2.45) is 5.73 Å². The zero-order valence-electron chi connectivity index (χ0n) is 8.24. The van der Waals surface area contributed by atoms with E-state index in [9.17, 15) is 4.79 Å². The quantitative estimate of drug-likeness (QED) is 0.749. The van der Waals surface area contributed by atoms with E-state index in [0.717, 1.165) is 5.56 Å². The second-order valence-corrected chi connectivity index (χ2v) is 3.45. The van der Waals surface area contributed by atoms with Gasteiger partial charge < -0.3 is 5.73 Å². The molecule has 2 N–H and O–H groups in total. The lowest BCUT2D eigenvalue weighted by Crippen LogP contribution is -2.43. The molecular weight excluding hydrogens is 166 g/mol. The molecule has 4 nitrogen and oxygen atoms in total. The number of hydrogen-bond acceptors (Lipinski definition) is 2. The van der Waals surface area contributed by atoms with E-state index in [4.69, 9.17) is 5.73 Å². The normalized spacial score (nSPS) is 15.3. The van der Waals surface area contributed by atoms with Crippen LogP contribution < -0.4 is 5.73 Å². The molecule has 0 radical (unpaired) electrons. The van der Waals surface area contributed by atoms with Crippen LogP contribution in [0.2, 0.25) is 0 Å². The van der Waals surface area contributed by atoms with Gasteiger partial charge in [-0.1, -0.05) is 6.92 Å². The van der Waals surface area contributed by atoms with Gasteiger partial charge in [-0.2, -0.15) is 5.10 Å². The van der Waals surface area contributed by atoms with E-state index in [1.807, 2.05) is 20.0 Å². The van der Waals surface area contributed by atoms with Crippen molar-refractivity contribution in [2.75, 3.05) is 0 Å². The Morgan fingerprint density at radius 1 is 1.77 bits per heavy atom. The van der Waals surface area contributed by atoms with Crippen LogP contribution in [0.4, 0.5) is 0 Å². The van der Waals surface area contributed by atoms with E-state index in [2.05, 4.69) is 5.10 Å². The summed E-state index contributed by atoms with van der Waals surface area (Å²) in [6.45, 7) is 5.64. The molecule has 0 bridgehead atoms. The van der Waals surface area contributed by atoms with Gasteiger partial charge in [0.25, 0.3) is 0 Å². The van der Waals surface area contributed by atoms with E-state index in [1.54, 1.807) is 17.8 Å². The van der Waals surface area contributed by atoms with Crippen LogP contribution in [-0.4, -0.2) is 15.7 Å². The number of amides is 1. The summed E-state index contributed by atoms with van der Waals surface area (Å²) in [4.78, 5) is 11.2. The van der Waals surface area contributed by atoms with Gasteiger partial charge >= 0.3 is 0 Å². The molecule has 0 saturated heterocycles. The first-order chi connectivity index (χ1) is 6.00. The minimum absolute atomic E-state index is 0.349. The molecule has 1 aromatic rings. The van der Waals surface area contributed by atoms with Gasteiger partial charge in [-0.05, 0) is 25.8 Å². The molecule has 0 aromatic carbocycles. The third-order valence-corrected chi connectivity index (χ3v) is 2.44. The van der Waals surface area contributed by atoms with Crippen molar-refractivity contribution in [1.82, 2.24) is 9.78 Å². The molecule has 1 aromatic heterocycles. The fourth-order valence-electron chi connectivity index (χ4n) is 1.13. The molecule has 0 fully saturated rings. The van der Waals surface area contributed by atoms with Gasteiger partial charge in [-0.25, -0.2) is 0 Å². The van der Waals surface area contributed by atoms with Crippen LogP contribution in [0.1, 0.15) is 25.8 Å². The van der Waals surface area contributed by atoms with Crippen molar-refractivity contribution < 1.29 is 4.79 Å². The standard InChI is InChI=1S/C9H15N3O/c1-4-9(3,8(10)13)12-6-7(2)5-11-12/h5-6H,4H2,1-3H3,(H2,10,13). The summed E-state index contributed by atoms with van der Waals surface area (Å²) in [6.07, 6.45) is 4.19. The average molecular weight is 181 g/mol. The Labute approximate surface area is 77.7 Å². The summed E-state index contributed by atoms with van der Waals surface area (Å²) >= 11 is 0. The van der Waals surface area contributed by atoms with Gasteiger partial charge in [0.2, 0.25) is 5.91 Å². The Hall–Kier alpha value is -1.32. The smallest absolute Gasteiger partial charge is 0.245 e. The predicted octanol–water partition coefficient (Wildman–Crippen LogP) is 0.802. The molecule has 0 aliphatic heterocycles. The Kier molecular flexibility index (Phi) is 2.40. The second-order valence-electron chi connectivity index (χ2n) is 3.45. The molecule has 0 aliphatic rings. The molecule has 1 atom stereocenters. The van der Waals surface area contributed by atoms with E-state index in [0.29, 0.717) is 6.42 Å². The second kappa shape index (κ2) is 3.20. The summed E-state index contributed by atoms with van der Waals surface area (Å²) in [5.74, 6) is -0.349. The maximum atomic E-state index is 11.2. The molecule has 1 heterocycles. The van der Waals surface area contributed by atoms with Crippen molar-refractivity contribution >= 4 is 5.91 Å². The SMILES string of the molecule is CCC(C)(C(N)=O)n1cc(C)cn1. The Bertz CT molecular complexity index is 318. The molecule has 13 heavy (non-hydrogen) atoms. The molecule has 4 heteroatoms. The van der Waals surface area contributed by atoms with Crippen LogP contribution >= 0.6 is 0 Å². The Morgan fingerprint density at radius 3 is 2.69 bits per heavy atom. The summed E-state index contributed by atoms with van der Waals surface area (Å²) in [7, 11) is 0. The molecule has 0 aliphatic carbocycles. The third-order valence-electron chi connectivity index (χ3n) is 2.44. The number of nitrogens with two attached hydrogens (primary N) is 1. The van der Waals surface area contributed by atoms with E-state index >= 15 is 0 Å². The highest BCUT2D eigenvalue weighted by atomic mass is 16.1. The zero-order chi connectivity index (χ0) is 10.1. The van der Waals surface area contributed by atoms with Gasteiger partial charge in [0.15, 0.2) is 0 Å². The highest BCUT2D eigenvalue weighted by Crippen LogP contribution is 2.18. The van der Waals surface area contributed by atoms with E-state index in [1.165, 1.54) is 0 Å². The van der Waals surface area contributed by atoms with E-state index in [-0.39, 0.29) is 5.91 Å². The lowest BCUT2D eigenvalue weighted by atomic mass is 9.99. The summed E-state index contributed by atoms with van der Waals surface area (Å²) in [6, 6.07) is 0. The molecule has 72 valence electrons. The van der Waals surface area contributed by atoms with Gasteiger partial charge in [-0.3, -0.25) is 9.48 Å². The Balaban J connectivity index is 3.09. The molecule has 1 amide bonds. The number of hydrogen-bond donors (Lipinski definition) is 1. The van der Waals surface area contributed by atoms with Crippen molar-refractivity contribution in [3.8, 4) is 0 Å². The van der Waals surface area contributed by atoms with Crippen LogP contribution in [0.25, 0.3) is 0 Å². The number of carbonyl (C=O) groups excluding carboxylic acids is 1. The number of nitrogens with zero attached hydrogens (tertiary/aromatic N) is 2. The first-order valence-electron chi connectivity index (χ1n) is 4.32. The molecule has 0 saturated carbocycles. The molecule has 0 spiro atoms. The fraction of sp³-hybridized carbons (Fsp3) is 0.556. The number of primary amides is 1. The maximum Gasteiger partial charge on any atom is 0.245 e. The zero-order valence-corrected chi connectivity index (χ0v) is 8.24. The molecule has 1 unspecified atom stereocenters. The minimum atomic E-state index is -0.700. The fourth-order valence-corrected chi connectivity index (χ4v) is 1.13. The summed E-state index contributed by atoms with van der Waals surface area (Å²) in [5, 5.41) is 4.10. The number of rotatable bonds is 3. The average Bonchev–Trinajstić information content (AvgIpc) is 2.50. The lowest BCUT2D eigenvalue weighted by Gasteiger charge is -2.24. The van der Waals surface area contributed by atoms with Crippen molar-refractivity contribution in [2.45, 2.75) is 32.7 Å². The van der Waals surface area contributed by atoms with Crippen LogP contribution in [-0.2, 0) is 10.3 Å². The highest BCUT2D eigenvalue weighted by Gasteiger charge is 2.31. The Morgan fingerprint density at radius 2 is 2.38 bits per heavy atom. The number of carbonyl (C=O) groups is 1. The third kappa shape index (κ3) is 1.56. The topological polar surface area (TPSA) is 60.9 Å². The van der Waals surface area contributed by atoms with Crippen LogP contribution in [0.3, 0.4) is 0 Å². The highest BCUT2D eigenvalue weighted by molar-refractivity contribution is 5.82. The van der Waals surface area contributed by atoms with Crippen molar-refractivity contribution in [1.29, 1.82) is 0 Å². The molecule has 1 rings (SSSR count). The monoisotopic (exact) mass is 181 g/mol. The van der Waals surface area contributed by atoms with Crippen LogP contribution in [0, 0.1) is 6.92 Å². The van der Waals surface area contributed by atoms with E-state index < -0.39 is 5.54 Å². The summed E-state index contributed by atoms with van der Waals surface area (Å²) < 4.78 is 1.63. The van der Waals surface area contributed by atoms with Crippen LogP contribution in [0.5, 0.6) is 0 Å². The van der Waals surface area contributed by atoms with Crippen molar-refractivity contribution in [3.63, 3.8) is 0 Å². The largest absolute Gasteiger partial charge is 0.368 e. The number of aromatic nitrogens is 2. The first kappa shape index (κ1) is 9.77. The van der Waals surface area contributed by atoms with Crippen LogP contribution in [0.15, 0.2) is 12.4 Å². The first-order valence-corrected chi connectivity index (χ1v) is 4.32. The van der Waals surface area contributed by atoms with Gasteiger partial charge in [0, 0.05) is 6.20 Å².